The second-order valence-electron chi connectivity index (χ2n) is 6.17. The number of nitrogens with zero attached hydrogens (tertiary/aromatic N) is 2. The number of likely N-dealkylation sites (tertiary alicyclic amines) is 2. The number of methoxy groups -OCH3 is 1. The molecule has 1 aromatic rings. The van der Waals surface area contributed by atoms with Crippen LogP contribution in [-0.4, -0.2) is 55.2 Å². The summed E-state index contributed by atoms with van der Waals surface area (Å²) in [5.74, 6) is 0.795. The third kappa shape index (κ3) is 3.53. The molecule has 120 valence electrons. The summed E-state index contributed by atoms with van der Waals surface area (Å²) >= 11 is 0. The molecular formula is C17H25N3O2. The van der Waals surface area contributed by atoms with Gasteiger partial charge in [0.05, 0.1) is 7.11 Å². The van der Waals surface area contributed by atoms with Gasteiger partial charge in [-0.1, -0.05) is 12.8 Å². The largest absolute Gasteiger partial charge is 0.497 e. The highest BCUT2D eigenvalue weighted by Crippen LogP contribution is 2.21. The van der Waals surface area contributed by atoms with Crippen LogP contribution in [0, 0.1) is 0 Å². The Morgan fingerprint density at radius 3 is 2.32 bits per heavy atom. The SMILES string of the molecule is COc1ccc(NC(=O)N2CC(N3CCCCCC3)C2)cc1. The van der Waals surface area contributed by atoms with E-state index in [4.69, 9.17) is 4.74 Å². The fourth-order valence-corrected chi connectivity index (χ4v) is 3.19. The molecule has 0 radical (unpaired) electrons. The van der Waals surface area contributed by atoms with Gasteiger partial charge >= 0.3 is 6.03 Å². The number of rotatable bonds is 3. The summed E-state index contributed by atoms with van der Waals surface area (Å²) in [5, 5.41) is 2.94. The quantitative estimate of drug-likeness (QED) is 0.934. The normalized spacial score (nSPS) is 20.1. The van der Waals surface area contributed by atoms with Crippen LogP contribution >= 0.6 is 0 Å². The summed E-state index contributed by atoms with van der Waals surface area (Å²) in [5.41, 5.74) is 0.809. The van der Waals surface area contributed by atoms with Crippen LogP contribution in [0.15, 0.2) is 24.3 Å². The Morgan fingerprint density at radius 1 is 1.09 bits per heavy atom. The summed E-state index contributed by atoms with van der Waals surface area (Å²) in [6.45, 7) is 4.08. The molecule has 0 bridgehead atoms. The number of hydrogen-bond acceptors (Lipinski definition) is 3. The second-order valence-corrected chi connectivity index (χ2v) is 6.17. The molecule has 0 atom stereocenters. The monoisotopic (exact) mass is 303 g/mol. The van der Waals surface area contributed by atoms with Gasteiger partial charge in [-0.2, -0.15) is 0 Å². The average Bonchev–Trinajstić information content (AvgIpc) is 2.76. The lowest BCUT2D eigenvalue weighted by atomic mass is 10.1. The van der Waals surface area contributed by atoms with E-state index in [1.165, 1.54) is 38.8 Å². The van der Waals surface area contributed by atoms with Crippen molar-refractivity contribution in [3.05, 3.63) is 24.3 Å². The van der Waals surface area contributed by atoms with Gasteiger partial charge in [0.1, 0.15) is 5.75 Å². The van der Waals surface area contributed by atoms with E-state index < -0.39 is 0 Å². The minimum absolute atomic E-state index is 0.00348. The molecule has 2 saturated heterocycles. The summed E-state index contributed by atoms with van der Waals surface area (Å²) in [6.07, 6.45) is 5.30. The van der Waals surface area contributed by atoms with E-state index in [9.17, 15) is 4.79 Å². The molecule has 2 fully saturated rings. The minimum Gasteiger partial charge on any atom is -0.497 e. The van der Waals surface area contributed by atoms with Crippen LogP contribution in [0.2, 0.25) is 0 Å². The van der Waals surface area contributed by atoms with Gasteiger partial charge in [0, 0.05) is 24.8 Å². The van der Waals surface area contributed by atoms with Gasteiger partial charge in [-0.05, 0) is 50.2 Å². The topological polar surface area (TPSA) is 44.8 Å². The van der Waals surface area contributed by atoms with Crippen LogP contribution in [0.5, 0.6) is 5.75 Å². The molecule has 0 spiro atoms. The summed E-state index contributed by atoms with van der Waals surface area (Å²) in [4.78, 5) is 16.7. The third-order valence-electron chi connectivity index (χ3n) is 4.65. The number of anilines is 1. The first-order valence-electron chi connectivity index (χ1n) is 8.20. The van der Waals surface area contributed by atoms with Crippen LogP contribution in [0.3, 0.4) is 0 Å². The smallest absolute Gasteiger partial charge is 0.321 e. The summed E-state index contributed by atoms with van der Waals surface area (Å²) < 4.78 is 5.12. The molecular weight excluding hydrogens is 278 g/mol. The molecule has 0 aromatic heterocycles. The van der Waals surface area contributed by atoms with Crippen molar-refractivity contribution in [2.75, 3.05) is 38.6 Å². The highest BCUT2D eigenvalue weighted by Gasteiger charge is 2.34. The molecule has 2 heterocycles. The zero-order valence-electron chi connectivity index (χ0n) is 13.3. The standard InChI is InChI=1S/C17H25N3O2/c1-22-16-8-6-14(7-9-16)18-17(21)20-12-15(13-20)19-10-4-2-3-5-11-19/h6-9,15H,2-5,10-13H2,1H3,(H,18,21). The Morgan fingerprint density at radius 2 is 1.73 bits per heavy atom. The maximum atomic E-state index is 12.2. The summed E-state index contributed by atoms with van der Waals surface area (Å²) in [7, 11) is 1.64. The van der Waals surface area contributed by atoms with E-state index >= 15 is 0 Å². The van der Waals surface area contributed by atoms with Crippen LogP contribution in [-0.2, 0) is 0 Å². The van der Waals surface area contributed by atoms with Gasteiger partial charge in [-0.3, -0.25) is 4.90 Å². The molecule has 1 N–H and O–H groups in total. The zero-order chi connectivity index (χ0) is 15.4. The molecule has 0 unspecified atom stereocenters. The van der Waals surface area contributed by atoms with Crippen molar-refractivity contribution in [2.45, 2.75) is 31.7 Å². The molecule has 2 aliphatic heterocycles. The Labute approximate surface area is 132 Å². The lowest BCUT2D eigenvalue weighted by Gasteiger charge is -2.45. The molecule has 0 aliphatic carbocycles. The van der Waals surface area contributed by atoms with E-state index in [1.54, 1.807) is 7.11 Å². The van der Waals surface area contributed by atoms with E-state index in [0.29, 0.717) is 6.04 Å². The number of benzene rings is 1. The second kappa shape index (κ2) is 7.01. The fraction of sp³-hybridized carbons (Fsp3) is 0.588. The van der Waals surface area contributed by atoms with Crippen molar-refractivity contribution in [1.82, 2.24) is 9.80 Å². The number of ether oxygens (including phenoxy) is 1. The summed E-state index contributed by atoms with van der Waals surface area (Å²) in [6, 6.07) is 7.99. The van der Waals surface area contributed by atoms with Crippen molar-refractivity contribution in [3.63, 3.8) is 0 Å². The van der Waals surface area contributed by atoms with E-state index in [-0.39, 0.29) is 6.03 Å². The molecule has 5 nitrogen and oxygen atoms in total. The number of hydrogen-bond donors (Lipinski definition) is 1. The highest BCUT2D eigenvalue weighted by atomic mass is 16.5. The molecule has 3 rings (SSSR count). The van der Waals surface area contributed by atoms with Gasteiger partial charge in [-0.25, -0.2) is 4.79 Å². The van der Waals surface area contributed by atoms with Crippen LogP contribution in [0.25, 0.3) is 0 Å². The molecule has 2 aliphatic rings. The van der Waals surface area contributed by atoms with Crippen molar-refractivity contribution < 1.29 is 9.53 Å². The Balaban J connectivity index is 1.46. The average molecular weight is 303 g/mol. The van der Waals surface area contributed by atoms with Gasteiger partial charge in [0.2, 0.25) is 0 Å². The maximum absolute atomic E-state index is 12.2. The first-order chi connectivity index (χ1) is 10.8. The number of urea groups is 1. The first kappa shape index (κ1) is 15.2. The predicted molar refractivity (Wildman–Crippen MR) is 87.4 cm³/mol. The molecule has 5 heteroatoms. The zero-order valence-corrected chi connectivity index (χ0v) is 13.3. The van der Waals surface area contributed by atoms with Gasteiger partial charge in [0.15, 0.2) is 0 Å². The lowest BCUT2D eigenvalue weighted by molar-refractivity contribution is 0.0638. The van der Waals surface area contributed by atoms with E-state index in [0.717, 1.165) is 24.5 Å². The number of amides is 2. The third-order valence-corrected chi connectivity index (χ3v) is 4.65. The molecule has 0 saturated carbocycles. The molecule has 1 aromatic carbocycles. The van der Waals surface area contributed by atoms with Crippen LogP contribution in [0.4, 0.5) is 10.5 Å². The Bertz CT molecular complexity index is 489. The fourth-order valence-electron chi connectivity index (χ4n) is 3.19. The van der Waals surface area contributed by atoms with Crippen LogP contribution in [0.1, 0.15) is 25.7 Å². The van der Waals surface area contributed by atoms with Crippen molar-refractivity contribution in [1.29, 1.82) is 0 Å². The minimum atomic E-state index is -0.00348. The Kier molecular flexibility index (Phi) is 4.83. The molecule has 2 amide bonds. The predicted octanol–water partition coefficient (Wildman–Crippen LogP) is 2.79. The maximum Gasteiger partial charge on any atom is 0.321 e. The number of carbonyl (C=O) groups is 1. The van der Waals surface area contributed by atoms with Gasteiger partial charge < -0.3 is 15.0 Å². The van der Waals surface area contributed by atoms with Crippen molar-refractivity contribution in [3.8, 4) is 5.75 Å². The van der Waals surface area contributed by atoms with E-state index in [1.807, 2.05) is 29.2 Å². The molecule has 22 heavy (non-hydrogen) atoms. The van der Waals surface area contributed by atoms with Crippen LogP contribution < -0.4 is 10.1 Å². The van der Waals surface area contributed by atoms with Crippen molar-refractivity contribution >= 4 is 11.7 Å². The van der Waals surface area contributed by atoms with Gasteiger partial charge in [0.25, 0.3) is 0 Å². The van der Waals surface area contributed by atoms with Crippen molar-refractivity contribution in [2.24, 2.45) is 0 Å². The first-order valence-corrected chi connectivity index (χ1v) is 8.20. The lowest BCUT2D eigenvalue weighted by Crippen LogP contribution is -2.62. The highest BCUT2D eigenvalue weighted by molar-refractivity contribution is 5.90. The Hall–Kier alpha value is -1.75. The number of nitrogens with one attached hydrogen (secondary N) is 1. The number of carbonyl (C=O) groups excluding carboxylic acids is 1. The van der Waals surface area contributed by atoms with E-state index in [2.05, 4.69) is 10.2 Å². The van der Waals surface area contributed by atoms with Gasteiger partial charge in [-0.15, -0.1) is 0 Å².